The van der Waals surface area contributed by atoms with Gasteiger partial charge in [0.2, 0.25) is 0 Å². The predicted octanol–water partition coefficient (Wildman–Crippen LogP) is 4.08. The van der Waals surface area contributed by atoms with E-state index in [1.165, 1.54) is 5.56 Å². The van der Waals surface area contributed by atoms with E-state index < -0.39 is 0 Å². The second-order valence-corrected chi connectivity index (χ2v) is 6.80. The Hall–Kier alpha value is -2.93. The molecule has 0 spiro atoms. The Balaban J connectivity index is 1.77. The highest BCUT2D eigenvalue weighted by Crippen LogP contribution is 2.45. The molecule has 3 aromatic rings. The third kappa shape index (κ3) is 3.11. The number of benzene rings is 1. The van der Waals surface area contributed by atoms with Gasteiger partial charge in [0, 0.05) is 18.9 Å². The van der Waals surface area contributed by atoms with Gasteiger partial charge < -0.3 is 14.4 Å². The van der Waals surface area contributed by atoms with Crippen LogP contribution in [0.5, 0.6) is 11.5 Å². The fourth-order valence-corrected chi connectivity index (χ4v) is 3.79. The van der Waals surface area contributed by atoms with Gasteiger partial charge in [0.1, 0.15) is 5.02 Å². The lowest BCUT2D eigenvalue weighted by molar-refractivity contribution is 0.354. The average molecular weight is 398 g/mol. The number of fused-ring (bicyclic) bond motifs is 1. The smallest absolute Gasteiger partial charge is 0.199 e. The quantitative estimate of drug-likeness (QED) is 0.642. The van der Waals surface area contributed by atoms with Crippen molar-refractivity contribution in [2.45, 2.75) is 25.9 Å². The van der Waals surface area contributed by atoms with Crippen molar-refractivity contribution in [3.63, 3.8) is 0 Å². The normalized spacial score (nSPS) is 15.4. The standard InChI is InChI=1S/C20H20ClN5O2/c1-4-15-13-9-17(28-3)16(27-2)8-12(13)11-26(15)20-14(21)10-24-19(25-20)18-22-6-5-7-23-18/h5-10,15H,4,11H2,1-3H3. The van der Waals surface area contributed by atoms with E-state index in [-0.39, 0.29) is 6.04 Å². The van der Waals surface area contributed by atoms with E-state index in [0.29, 0.717) is 40.5 Å². The lowest BCUT2D eigenvalue weighted by Crippen LogP contribution is -2.22. The minimum Gasteiger partial charge on any atom is -0.493 e. The van der Waals surface area contributed by atoms with Gasteiger partial charge in [-0.2, -0.15) is 0 Å². The highest BCUT2D eigenvalue weighted by atomic mass is 35.5. The molecule has 1 aliphatic rings. The molecule has 4 rings (SSSR count). The van der Waals surface area contributed by atoms with Crippen LogP contribution in [0.1, 0.15) is 30.5 Å². The van der Waals surface area contributed by atoms with Crippen molar-refractivity contribution in [1.29, 1.82) is 0 Å². The summed E-state index contributed by atoms with van der Waals surface area (Å²) in [7, 11) is 3.28. The molecular formula is C20H20ClN5O2. The van der Waals surface area contributed by atoms with Crippen LogP contribution in [0.3, 0.4) is 0 Å². The fourth-order valence-electron chi connectivity index (χ4n) is 3.59. The number of rotatable bonds is 5. The van der Waals surface area contributed by atoms with Crippen LogP contribution in [-0.4, -0.2) is 34.2 Å². The van der Waals surface area contributed by atoms with E-state index in [1.807, 2.05) is 12.1 Å². The Kier molecular flexibility index (Phi) is 5.00. The molecule has 28 heavy (non-hydrogen) atoms. The third-order valence-corrected chi connectivity index (χ3v) is 5.14. The summed E-state index contributed by atoms with van der Waals surface area (Å²) in [4.78, 5) is 19.6. The van der Waals surface area contributed by atoms with Crippen LogP contribution in [0.2, 0.25) is 5.02 Å². The van der Waals surface area contributed by atoms with Crippen molar-refractivity contribution < 1.29 is 9.47 Å². The zero-order valence-corrected chi connectivity index (χ0v) is 16.6. The number of halogens is 1. The highest BCUT2D eigenvalue weighted by Gasteiger charge is 2.33. The molecular weight excluding hydrogens is 378 g/mol. The van der Waals surface area contributed by atoms with Crippen LogP contribution in [0.4, 0.5) is 5.82 Å². The van der Waals surface area contributed by atoms with Crippen LogP contribution >= 0.6 is 11.6 Å². The number of hydrogen-bond donors (Lipinski definition) is 0. The fraction of sp³-hybridized carbons (Fsp3) is 0.300. The first-order valence-corrected chi connectivity index (χ1v) is 9.35. The Labute approximate surface area is 168 Å². The summed E-state index contributed by atoms with van der Waals surface area (Å²) >= 11 is 6.49. The first-order chi connectivity index (χ1) is 13.7. The summed E-state index contributed by atoms with van der Waals surface area (Å²) in [5.41, 5.74) is 2.35. The maximum absolute atomic E-state index is 6.49. The molecule has 8 heteroatoms. The molecule has 0 radical (unpaired) electrons. The number of methoxy groups -OCH3 is 2. The van der Waals surface area contributed by atoms with Gasteiger partial charge in [-0.15, -0.1) is 0 Å². The SMILES string of the molecule is CCC1c2cc(OC)c(OC)cc2CN1c1nc(-c2ncccn2)ncc1Cl. The molecule has 1 aliphatic heterocycles. The summed E-state index contributed by atoms with van der Waals surface area (Å²) < 4.78 is 10.9. The second kappa shape index (κ2) is 7.59. The van der Waals surface area contributed by atoms with Gasteiger partial charge in [0.25, 0.3) is 0 Å². The van der Waals surface area contributed by atoms with E-state index in [9.17, 15) is 0 Å². The lowest BCUT2D eigenvalue weighted by Gasteiger charge is -2.26. The van der Waals surface area contributed by atoms with Crippen LogP contribution in [0.25, 0.3) is 11.6 Å². The van der Waals surface area contributed by atoms with Crippen LogP contribution in [-0.2, 0) is 6.54 Å². The van der Waals surface area contributed by atoms with Crippen molar-refractivity contribution >= 4 is 17.4 Å². The summed E-state index contributed by atoms with van der Waals surface area (Å²) in [5, 5.41) is 0.491. The lowest BCUT2D eigenvalue weighted by atomic mass is 10.0. The highest BCUT2D eigenvalue weighted by molar-refractivity contribution is 6.32. The molecule has 0 saturated heterocycles. The molecule has 0 bridgehead atoms. The van der Waals surface area contributed by atoms with Gasteiger partial charge in [0.05, 0.1) is 26.5 Å². The minimum absolute atomic E-state index is 0.117. The largest absolute Gasteiger partial charge is 0.493 e. The van der Waals surface area contributed by atoms with Crippen molar-refractivity contribution in [2.24, 2.45) is 0 Å². The molecule has 3 heterocycles. The molecule has 0 saturated carbocycles. The maximum Gasteiger partial charge on any atom is 0.199 e. The molecule has 1 atom stereocenters. The number of hydrogen-bond acceptors (Lipinski definition) is 7. The van der Waals surface area contributed by atoms with Gasteiger partial charge in [-0.1, -0.05) is 18.5 Å². The first kappa shape index (κ1) is 18.4. The molecule has 2 aromatic heterocycles. The topological polar surface area (TPSA) is 73.3 Å². The van der Waals surface area contributed by atoms with Crippen LogP contribution in [0, 0.1) is 0 Å². The van der Waals surface area contributed by atoms with E-state index in [0.717, 1.165) is 12.0 Å². The van der Waals surface area contributed by atoms with E-state index in [2.05, 4.69) is 31.8 Å². The molecule has 0 fully saturated rings. The van der Waals surface area contributed by atoms with Crippen molar-refractivity contribution in [2.75, 3.05) is 19.1 Å². The summed E-state index contributed by atoms with van der Waals surface area (Å²) in [5.74, 6) is 3.01. The van der Waals surface area contributed by atoms with E-state index >= 15 is 0 Å². The summed E-state index contributed by atoms with van der Waals surface area (Å²) in [6.45, 7) is 2.81. The monoisotopic (exact) mass is 397 g/mol. The van der Waals surface area contributed by atoms with Gasteiger partial charge >= 0.3 is 0 Å². The molecule has 144 valence electrons. The van der Waals surface area contributed by atoms with Crippen molar-refractivity contribution in [3.05, 3.63) is 52.9 Å². The van der Waals surface area contributed by atoms with Gasteiger partial charge in [-0.05, 0) is 35.7 Å². The zero-order valence-electron chi connectivity index (χ0n) is 15.9. The molecule has 1 unspecified atom stereocenters. The second-order valence-electron chi connectivity index (χ2n) is 6.40. The zero-order chi connectivity index (χ0) is 19.7. The Morgan fingerprint density at radius 3 is 2.46 bits per heavy atom. The minimum atomic E-state index is 0.117. The van der Waals surface area contributed by atoms with E-state index in [1.54, 1.807) is 38.9 Å². The third-order valence-electron chi connectivity index (χ3n) is 4.87. The molecule has 0 amide bonds. The Morgan fingerprint density at radius 2 is 1.79 bits per heavy atom. The summed E-state index contributed by atoms with van der Waals surface area (Å²) in [6, 6.07) is 5.93. The van der Waals surface area contributed by atoms with Gasteiger partial charge in [-0.25, -0.2) is 19.9 Å². The van der Waals surface area contributed by atoms with Crippen LogP contribution < -0.4 is 14.4 Å². The number of nitrogens with zero attached hydrogens (tertiary/aromatic N) is 5. The first-order valence-electron chi connectivity index (χ1n) is 8.97. The number of aromatic nitrogens is 4. The number of ether oxygens (including phenoxy) is 2. The van der Waals surface area contributed by atoms with Crippen LogP contribution in [0.15, 0.2) is 36.8 Å². The Morgan fingerprint density at radius 1 is 1.07 bits per heavy atom. The van der Waals surface area contributed by atoms with Gasteiger partial charge in [0.15, 0.2) is 29.0 Å². The predicted molar refractivity (Wildman–Crippen MR) is 107 cm³/mol. The Bertz CT molecular complexity index is 999. The van der Waals surface area contributed by atoms with Gasteiger partial charge in [-0.3, -0.25) is 0 Å². The molecule has 0 aliphatic carbocycles. The summed E-state index contributed by atoms with van der Waals surface area (Å²) in [6.07, 6.45) is 5.82. The molecule has 1 aromatic carbocycles. The van der Waals surface area contributed by atoms with Crippen molar-refractivity contribution in [3.8, 4) is 23.1 Å². The molecule has 7 nitrogen and oxygen atoms in total. The number of anilines is 1. The van der Waals surface area contributed by atoms with Crippen molar-refractivity contribution in [1.82, 2.24) is 19.9 Å². The maximum atomic E-state index is 6.49. The molecule has 0 N–H and O–H groups in total. The van der Waals surface area contributed by atoms with E-state index in [4.69, 9.17) is 21.1 Å². The average Bonchev–Trinajstić information content (AvgIpc) is 3.10.